The summed E-state index contributed by atoms with van der Waals surface area (Å²) in [6.07, 6.45) is -4.47. The number of carbonyl (C=O) groups is 2. The number of halogens is 3. The van der Waals surface area contributed by atoms with Gasteiger partial charge in [0.25, 0.3) is 11.8 Å². The van der Waals surface area contributed by atoms with Crippen molar-refractivity contribution in [1.29, 1.82) is 0 Å². The van der Waals surface area contributed by atoms with Gasteiger partial charge in [0.15, 0.2) is 11.5 Å². The summed E-state index contributed by atoms with van der Waals surface area (Å²) in [6.45, 7) is 0.157. The molecule has 7 nitrogen and oxygen atoms in total. The summed E-state index contributed by atoms with van der Waals surface area (Å²) in [5.74, 6) is -0.153. The summed E-state index contributed by atoms with van der Waals surface area (Å²) < 4.78 is 53.3. The zero-order valence-corrected chi connectivity index (χ0v) is 16.6. The van der Waals surface area contributed by atoms with E-state index in [1.165, 1.54) is 27.4 Å². The van der Waals surface area contributed by atoms with E-state index in [2.05, 4.69) is 10.6 Å². The molecular formula is C20H21F3N2O5. The second kappa shape index (κ2) is 9.86. The summed E-state index contributed by atoms with van der Waals surface area (Å²) >= 11 is 0. The number of ether oxygens (including phenoxy) is 3. The summed E-state index contributed by atoms with van der Waals surface area (Å²) in [5, 5.41) is 5.14. The Labute approximate surface area is 171 Å². The molecule has 0 heterocycles. The molecule has 0 saturated carbocycles. The van der Waals surface area contributed by atoms with Crippen LogP contribution in [0.25, 0.3) is 0 Å². The minimum Gasteiger partial charge on any atom is -0.493 e. The lowest BCUT2D eigenvalue weighted by molar-refractivity contribution is -0.137. The highest BCUT2D eigenvalue weighted by atomic mass is 19.4. The number of rotatable bonds is 8. The lowest BCUT2D eigenvalue weighted by Gasteiger charge is -2.15. The van der Waals surface area contributed by atoms with Crippen molar-refractivity contribution in [3.63, 3.8) is 0 Å². The Morgan fingerprint density at radius 3 is 1.87 bits per heavy atom. The fourth-order valence-corrected chi connectivity index (χ4v) is 2.64. The Kier molecular flexibility index (Phi) is 7.51. The van der Waals surface area contributed by atoms with Crippen LogP contribution in [-0.4, -0.2) is 46.2 Å². The second-order valence-electron chi connectivity index (χ2n) is 5.97. The molecule has 0 spiro atoms. The van der Waals surface area contributed by atoms with Gasteiger partial charge in [0.1, 0.15) is 0 Å². The standard InChI is InChI=1S/C20H21F3N2O5/c1-28-15-9-8-14(16(29-2)17(15)30-3)19(27)25-11-10-24-18(26)12-4-6-13(7-5-12)20(21,22)23/h4-9H,10-11H2,1-3H3,(H,24,26)(H,25,27). The molecule has 2 amide bonds. The van der Waals surface area contributed by atoms with Crippen molar-refractivity contribution in [2.24, 2.45) is 0 Å². The van der Waals surface area contributed by atoms with Gasteiger partial charge in [0, 0.05) is 18.7 Å². The molecule has 0 radical (unpaired) electrons. The third-order valence-electron chi connectivity index (χ3n) is 4.12. The Morgan fingerprint density at radius 2 is 1.37 bits per heavy atom. The number of nitrogens with one attached hydrogen (secondary N) is 2. The molecule has 2 rings (SSSR count). The van der Waals surface area contributed by atoms with Crippen molar-refractivity contribution in [3.05, 3.63) is 53.1 Å². The van der Waals surface area contributed by atoms with Crippen LogP contribution < -0.4 is 24.8 Å². The lowest BCUT2D eigenvalue weighted by Crippen LogP contribution is -2.34. The van der Waals surface area contributed by atoms with Crippen LogP contribution in [0, 0.1) is 0 Å². The fraction of sp³-hybridized carbons (Fsp3) is 0.300. The highest BCUT2D eigenvalue weighted by Gasteiger charge is 2.30. The van der Waals surface area contributed by atoms with E-state index in [9.17, 15) is 22.8 Å². The first-order valence-electron chi connectivity index (χ1n) is 8.75. The van der Waals surface area contributed by atoms with Crippen LogP contribution in [0.3, 0.4) is 0 Å². The molecule has 30 heavy (non-hydrogen) atoms. The third kappa shape index (κ3) is 5.34. The smallest absolute Gasteiger partial charge is 0.416 e. The molecule has 10 heteroatoms. The van der Waals surface area contributed by atoms with E-state index < -0.39 is 23.6 Å². The van der Waals surface area contributed by atoms with Gasteiger partial charge in [-0.3, -0.25) is 9.59 Å². The Bertz CT molecular complexity index is 899. The van der Waals surface area contributed by atoms with Crippen molar-refractivity contribution >= 4 is 11.8 Å². The Balaban J connectivity index is 1.93. The Hall–Kier alpha value is -3.43. The van der Waals surface area contributed by atoms with Crippen LogP contribution in [0.1, 0.15) is 26.3 Å². The van der Waals surface area contributed by atoms with E-state index in [4.69, 9.17) is 14.2 Å². The van der Waals surface area contributed by atoms with Crippen LogP contribution in [0.5, 0.6) is 17.2 Å². The summed E-state index contributed by atoms with van der Waals surface area (Å²) in [6, 6.07) is 6.91. The number of methoxy groups -OCH3 is 3. The predicted octanol–water partition coefficient (Wildman–Crippen LogP) is 2.89. The summed E-state index contributed by atoms with van der Waals surface area (Å²) in [5.41, 5.74) is -0.546. The van der Waals surface area contributed by atoms with Crippen molar-refractivity contribution < 1.29 is 37.0 Å². The van der Waals surface area contributed by atoms with Gasteiger partial charge in [-0.1, -0.05) is 0 Å². The minimum atomic E-state index is -4.47. The zero-order valence-electron chi connectivity index (χ0n) is 16.6. The van der Waals surface area contributed by atoms with E-state index in [0.29, 0.717) is 5.75 Å². The number of hydrogen-bond acceptors (Lipinski definition) is 5. The number of alkyl halides is 3. The average Bonchev–Trinajstić information content (AvgIpc) is 2.74. The highest BCUT2D eigenvalue weighted by molar-refractivity contribution is 5.98. The maximum absolute atomic E-state index is 12.6. The number of carbonyl (C=O) groups excluding carboxylic acids is 2. The molecule has 0 aromatic heterocycles. The van der Waals surface area contributed by atoms with E-state index in [1.54, 1.807) is 6.07 Å². The van der Waals surface area contributed by atoms with Crippen LogP contribution in [0.2, 0.25) is 0 Å². The van der Waals surface area contributed by atoms with Crippen LogP contribution >= 0.6 is 0 Å². The largest absolute Gasteiger partial charge is 0.493 e. The van der Waals surface area contributed by atoms with E-state index >= 15 is 0 Å². The van der Waals surface area contributed by atoms with Crippen LogP contribution in [0.15, 0.2) is 36.4 Å². The van der Waals surface area contributed by atoms with Gasteiger partial charge in [0.05, 0.1) is 32.5 Å². The van der Waals surface area contributed by atoms with Gasteiger partial charge in [-0.05, 0) is 36.4 Å². The zero-order chi connectivity index (χ0) is 22.3. The summed E-state index contributed by atoms with van der Waals surface area (Å²) in [7, 11) is 4.26. The van der Waals surface area contributed by atoms with Crippen LogP contribution in [-0.2, 0) is 6.18 Å². The van der Waals surface area contributed by atoms with Gasteiger partial charge in [0.2, 0.25) is 5.75 Å². The molecule has 0 unspecified atom stereocenters. The van der Waals surface area contributed by atoms with Crippen LogP contribution in [0.4, 0.5) is 13.2 Å². The van der Waals surface area contributed by atoms with Crippen molar-refractivity contribution in [1.82, 2.24) is 10.6 Å². The highest BCUT2D eigenvalue weighted by Crippen LogP contribution is 2.39. The molecule has 0 aliphatic heterocycles. The average molecular weight is 426 g/mol. The van der Waals surface area contributed by atoms with E-state index in [-0.39, 0.29) is 35.7 Å². The maximum Gasteiger partial charge on any atom is 0.416 e. The van der Waals surface area contributed by atoms with Gasteiger partial charge in [-0.2, -0.15) is 13.2 Å². The molecule has 0 saturated heterocycles. The molecule has 0 atom stereocenters. The topological polar surface area (TPSA) is 85.9 Å². The molecule has 0 bridgehead atoms. The molecule has 2 aromatic carbocycles. The normalized spacial score (nSPS) is 10.9. The van der Waals surface area contributed by atoms with Crippen molar-refractivity contribution in [2.75, 3.05) is 34.4 Å². The van der Waals surface area contributed by atoms with Gasteiger partial charge in [-0.25, -0.2) is 0 Å². The third-order valence-corrected chi connectivity index (χ3v) is 4.12. The Morgan fingerprint density at radius 1 is 0.800 bits per heavy atom. The van der Waals surface area contributed by atoms with Crippen molar-refractivity contribution in [2.45, 2.75) is 6.18 Å². The molecule has 2 aromatic rings. The molecular weight excluding hydrogens is 405 g/mol. The van der Waals surface area contributed by atoms with E-state index in [0.717, 1.165) is 24.3 Å². The molecule has 162 valence electrons. The molecule has 2 N–H and O–H groups in total. The van der Waals surface area contributed by atoms with Crippen molar-refractivity contribution in [3.8, 4) is 17.2 Å². The lowest BCUT2D eigenvalue weighted by atomic mass is 10.1. The van der Waals surface area contributed by atoms with E-state index in [1.807, 2.05) is 0 Å². The first-order valence-corrected chi connectivity index (χ1v) is 8.75. The first-order chi connectivity index (χ1) is 14.2. The van der Waals surface area contributed by atoms with Gasteiger partial charge < -0.3 is 24.8 Å². The number of amides is 2. The van der Waals surface area contributed by atoms with Gasteiger partial charge in [-0.15, -0.1) is 0 Å². The predicted molar refractivity (Wildman–Crippen MR) is 102 cm³/mol. The quantitative estimate of drug-likeness (QED) is 0.634. The fourth-order valence-electron chi connectivity index (χ4n) is 2.64. The molecule has 0 aliphatic rings. The monoisotopic (exact) mass is 426 g/mol. The van der Waals surface area contributed by atoms with Gasteiger partial charge >= 0.3 is 6.18 Å². The second-order valence-corrected chi connectivity index (χ2v) is 5.97. The minimum absolute atomic E-state index is 0.0706. The SMILES string of the molecule is COc1ccc(C(=O)NCCNC(=O)c2ccc(C(F)(F)F)cc2)c(OC)c1OC. The summed E-state index contributed by atoms with van der Waals surface area (Å²) in [4.78, 5) is 24.5. The maximum atomic E-state index is 12.6. The number of benzene rings is 2. The first kappa shape index (κ1) is 22.9. The molecule has 0 fully saturated rings. The molecule has 0 aliphatic carbocycles. The number of hydrogen-bond donors (Lipinski definition) is 2.